The monoisotopic (exact) mass is 239 g/mol. The van der Waals surface area contributed by atoms with Crippen molar-refractivity contribution in [2.75, 3.05) is 13.1 Å². The van der Waals surface area contributed by atoms with Gasteiger partial charge in [0.25, 0.3) is 0 Å². The van der Waals surface area contributed by atoms with Gasteiger partial charge in [-0.3, -0.25) is 0 Å². The summed E-state index contributed by atoms with van der Waals surface area (Å²) in [4.78, 5) is 0. The minimum Gasteiger partial charge on any atom is -0.366 e. The Balaban J connectivity index is 2.07. The van der Waals surface area contributed by atoms with Crippen molar-refractivity contribution >= 4 is 0 Å². The van der Waals surface area contributed by atoms with Gasteiger partial charge in [0.05, 0.1) is 11.2 Å². The molecule has 0 amide bonds. The minimum atomic E-state index is 0.0136. The van der Waals surface area contributed by atoms with Crippen LogP contribution < -0.4 is 5.32 Å². The maximum absolute atomic E-state index is 6.59. The second-order valence-corrected chi connectivity index (χ2v) is 7.52. The molecule has 2 heteroatoms. The molecule has 2 rings (SSSR count). The van der Waals surface area contributed by atoms with E-state index in [2.05, 4.69) is 39.9 Å². The molecule has 2 fully saturated rings. The third-order valence-electron chi connectivity index (χ3n) is 5.11. The van der Waals surface area contributed by atoms with Gasteiger partial charge in [0.2, 0.25) is 0 Å². The largest absolute Gasteiger partial charge is 0.366 e. The molecule has 1 aliphatic carbocycles. The summed E-state index contributed by atoms with van der Waals surface area (Å²) in [5.41, 5.74) is 0.646. The summed E-state index contributed by atoms with van der Waals surface area (Å²) in [7, 11) is 0. The van der Waals surface area contributed by atoms with Gasteiger partial charge in [-0.25, -0.2) is 0 Å². The molecule has 100 valence electrons. The van der Waals surface area contributed by atoms with Crippen LogP contribution in [0.1, 0.15) is 60.3 Å². The number of hydrogen-bond acceptors (Lipinski definition) is 2. The molecule has 1 heterocycles. The van der Waals surface area contributed by atoms with E-state index in [1.807, 2.05) is 0 Å². The van der Waals surface area contributed by atoms with Gasteiger partial charge in [-0.05, 0) is 43.9 Å². The van der Waals surface area contributed by atoms with Crippen LogP contribution >= 0.6 is 0 Å². The fourth-order valence-corrected chi connectivity index (χ4v) is 3.09. The lowest BCUT2D eigenvalue weighted by atomic mass is 9.69. The van der Waals surface area contributed by atoms with Crippen molar-refractivity contribution < 1.29 is 4.74 Å². The smallest absolute Gasteiger partial charge is 0.0814 e. The lowest BCUT2D eigenvalue weighted by Gasteiger charge is -2.53. The van der Waals surface area contributed by atoms with Gasteiger partial charge in [0, 0.05) is 13.1 Å². The molecule has 1 saturated heterocycles. The maximum Gasteiger partial charge on any atom is 0.0814 e. The van der Waals surface area contributed by atoms with Crippen LogP contribution in [-0.2, 0) is 4.74 Å². The molecule has 1 saturated carbocycles. The second kappa shape index (κ2) is 4.24. The molecule has 2 nitrogen and oxygen atoms in total. The zero-order valence-electron chi connectivity index (χ0n) is 12.2. The van der Waals surface area contributed by atoms with Crippen LogP contribution in [0.3, 0.4) is 0 Å². The molecule has 0 bridgehead atoms. The van der Waals surface area contributed by atoms with Gasteiger partial charge in [0.1, 0.15) is 0 Å². The summed E-state index contributed by atoms with van der Waals surface area (Å²) in [6.07, 6.45) is 5.02. The van der Waals surface area contributed by atoms with Gasteiger partial charge >= 0.3 is 0 Å². The molecular formula is C15H29NO. The number of ether oxygens (including phenoxy) is 1. The van der Waals surface area contributed by atoms with E-state index in [4.69, 9.17) is 4.74 Å². The van der Waals surface area contributed by atoms with E-state index in [1.165, 1.54) is 25.7 Å². The van der Waals surface area contributed by atoms with Crippen LogP contribution in [0, 0.1) is 11.3 Å². The van der Waals surface area contributed by atoms with Crippen LogP contribution in [0.2, 0.25) is 0 Å². The Morgan fingerprint density at radius 1 is 0.941 bits per heavy atom. The number of hydrogen-bond donors (Lipinski definition) is 1. The summed E-state index contributed by atoms with van der Waals surface area (Å²) in [6.45, 7) is 13.6. The molecule has 1 unspecified atom stereocenters. The lowest BCUT2D eigenvalue weighted by molar-refractivity contribution is -0.207. The Labute approximate surface area is 107 Å². The lowest BCUT2D eigenvalue weighted by Crippen LogP contribution is -2.62. The predicted molar refractivity (Wildman–Crippen MR) is 72.2 cm³/mol. The van der Waals surface area contributed by atoms with Crippen LogP contribution in [0.25, 0.3) is 0 Å². The highest BCUT2D eigenvalue weighted by Crippen LogP contribution is 2.45. The number of rotatable bonds is 1. The van der Waals surface area contributed by atoms with Crippen molar-refractivity contribution in [2.45, 2.75) is 71.5 Å². The molecule has 0 aromatic carbocycles. The zero-order chi connectivity index (χ0) is 12.7. The van der Waals surface area contributed by atoms with E-state index in [1.54, 1.807) is 0 Å². The van der Waals surface area contributed by atoms with E-state index in [0.717, 1.165) is 13.1 Å². The van der Waals surface area contributed by atoms with Crippen LogP contribution in [0.15, 0.2) is 0 Å². The summed E-state index contributed by atoms with van der Waals surface area (Å²) < 4.78 is 6.59. The van der Waals surface area contributed by atoms with Gasteiger partial charge in [-0.15, -0.1) is 0 Å². The SMILES string of the molecule is CC(C)C1(C)CNCC2(CCC(C)(C)CC2)O1. The molecule has 17 heavy (non-hydrogen) atoms. The standard InChI is InChI=1S/C15H29NO/c1-12(2)14(5)10-16-11-15(17-14)8-6-13(3,4)7-9-15/h12,16H,6-11H2,1-5H3. The van der Waals surface area contributed by atoms with E-state index in [0.29, 0.717) is 11.3 Å². The van der Waals surface area contributed by atoms with Crippen LogP contribution in [0.5, 0.6) is 0 Å². The minimum absolute atomic E-state index is 0.0136. The van der Waals surface area contributed by atoms with Gasteiger partial charge in [-0.1, -0.05) is 27.7 Å². The van der Waals surface area contributed by atoms with Crippen molar-refractivity contribution in [3.05, 3.63) is 0 Å². The van der Waals surface area contributed by atoms with Crippen molar-refractivity contribution in [1.82, 2.24) is 5.32 Å². The van der Waals surface area contributed by atoms with Crippen molar-refractivity contribution in [3.63, 3.8) is 0 Å². The highest BCUT2D eigenvalue weighted by molar-refractivity contribution is 4.99. The highest BCUT2D eigenvalue weighted by atomic mass is 16.5. The Morgan fingerprint density at radius 2 is 1.53 bits per heavy atom. The molecule has 0 aromatic heterocycles. The molecule has 0 radical (unpaired) electrons. The number of morpholine rings is 1. The van der Waals surface area contributed by atoms with E-state index < -0.39 is 0 Å². The first-order valence-electron chi connectivity index (χ1n) is 7.18. The van der Waals surface area contributed by atoms with E-state index >= 15 is 0 Å². The summed E-state index contributed by atoms with van der Waals surface area (Å²) in [6, 6.07) is 0. The predicted octanol–water partition coefficient (Wildman–Crippen LogP) is 3.36. The first-order valence-corrected chi connectivity index (χ1v) is 7.18. The summed E-state index contributed by atoms with van der Waals surface area (Å²) in [5, 5.41) is 3.62. The Bertz CT molecular complexity index is 275. The van der Waals surface area contributed by atoms with Crippen molar-refractivity contribution in [2.24, 2.45) is 11.3 Å². The first-order chi connectivity index (χ1) is 7.77. The molecule has 1 atom stereocenters. The highest BCUT2D eigenvalue weighted by Gasteiger charge is 2.47. The fraction of sp³-hybridized carbons (Fsp3) is 1.00. The Morgan fingerprint density at radius 3 is 2.06 bits per heavy atom. The van der Waals surface area contributed by atoms with E-state index in [-0.39, 0.29) is 11.2 Å². The molecule has 1 spiro atoms. The third-order valence-corrected chi connectivity index (χ3v) is 5.11. The second-order valence-electron chi connectivity index (χ2n) is 7.52. The normalized spacial score (nSPS) is 36.4. The summed E-state index contributed by atoms with van der Waals surface area (Å²) in [5.74, 6) is 0.571. The molecule has 1 N–H and O–H groups in total. The Kier molecular flexibility index (Phi) is 3.33. The zero-order valence-corrected chi connectivity index (χ0v) is 12.2. The molecule has 2 aliphatic rings. The topological polar surface area (TPSA) is 21.3 Å². The third kappa shape index (κ3) is 2.68. The van der Waals surface area contributed by atoms with E-state index in [9.17, 15) is 0 Å². The maximum atomic E-state index is 6.59. The molecule has 1 aliphatic heterocycles. The average Bonchev–Trinajstić information content (AvgIpc) is 2.23. The van der Waals surface area contributed by atoms with Gasteiger partial charge < -0.3 is 10.1 Å². The van der Waals surface area contributed by atoms with Gasteiger partial charge in [0.15, 0.2) is 0 Å². The molecular weight excluding hydrogens is 210 g/mol. The van der Waals surface area contributed by atoms with Crippen LogP contribution in [0.4, 0.5) is 0 Å². The summed E-state index contributed by atoms with van der Waals surface area (Å²) >= 11 is 0. The quantitative estimate of drug-likeness (QED) is 0.757. The van der Waals surface area contributed by atoms with Crippen LogP contribution in [-0.4, -0.2) is 24.3 Å². The number of nitrogens with one attached hydrogen (secondary N) is 1. The Hall–Kier alpha value is -0.0800. The molecule has 0 aromatic rings. The van der Waals surface area contributed by atoms with Crippen molar-refractivity contribution in [3.8, 4) is 0 Å². The average molecular weight is 239 g/mol. The van der Waals surface area contributed by atoms with Crippen molar-refractivity contribution in [1.29, 1.82) is 0 Å². The first kappa shape index (κ1) is 13.4. The van der Waals surface area contributed by atoms with Gasteiger partial charge in [-0.2, -0.15) is 0 Å². The fourth-order valence-electron chi connectivity index (χ4n) is 3.09.